The molecule has 0 N–H and O–H groups in total. The molecule has 0 radical (unpaired) electrons. The van der Waals surface area contributed by atoms with E-state index >= 15 is 0 Å². The number of hydrogen-bond donors (Lipinski definition) is 0. The lowest BCUT2D eigenvalue weighted by Crippen LogP contribution is -2.34. The molecule has 1 saturated heterocycles. The third kappa shape index (κ3) is 4.01. The molecule has 4 nitrogen and oxygen atoms in total. The third-order valence-corrected chi connectivity index (χ3v) is 5.69. The number of methoxy groups -OCH3 is 1. The van der Waals surface area contributed by atoms with Gasteiger partial charge in [0.15, 0.2) is 0 Å². The fourth-order valence-electron chi connectivity index (χ4n) is 3.92. The molecule has 26 heavy (non-hydrogen) atoms. The van der Waals surface area contributed by atoms with E-state index in [9.17, 15) is 4.79 Å². The number of aromatic nitrogens is 1. The van der Waals surface area contributed by atoms with Crippen molar-refractivity contribution in [2.24, 2.45) is 18.9 Å². The molecule has 1 fully saturated rings. The number of piperidine rings is 1. The summed E-state index contributed by atoms with van der Waals surface area (Å²) in [6.07, 6.45) is 4.44. The molecule has 0 spiro atoms. The van der Waals surface area contributed by atoms with E-state index in [1.54, 1.807) is 24.8 Å². The van der Waals surface area contributed by atoms with Crippen LogP contribution in [0.2, 0.25) is 0 Å². The summed E-state index contributed by atoms with van der Waals surface area (Å²) < 4.78 is 7.11. The lowest BCUT2D eigenvalue weighted by molar-refractivity contribution is 0.152. The van der Waals surface area contributed by atoms with Gasteiger partial charge in [0.05, 0.1) is 7.11 Å². The SMILES string of the molecule is COc1cc(=O)n(C)cc1-c1ccccc1CN1CCC(C(C)C)CC1. The minimum atomic E-state index is -0.0566. The van der Waals surface area contributed by atoms with Crippen molar-refractivity contribution < 1.29 is 4.74 Å². The molecule has 3 rings (SSSR count). The number of hydrogen-bond acceptors (Lipinski definition) is 3. The van der Waals surface area contributed by atoms with Gasteiger partial charge in [-0.05, 0) is 48.9 Å². The fraction of sp³-hybridized carbons (Fsp3) is 0.500. The number of rotatable bonds is 5. The lowest BCUT2D eigenvalue weighted by Gasteiger charge is -2.34. The highest BCUT2D eigenvalue weighted by Crippen LogP contribution is 2.32. The second-order valence-electron chi connectivity index (χ2n) is 7.72. The number of benzene rings is 1. The molecule has 140 valence electrons. The summed E-state index contributed by atoms with van der Waals surface area (Å²) in [5.74, 6) is 2.27. The van der Waals surface area contributed by atoms with Crippen molar-refractivity contribution >= 4 is 0 Å². The average Bonchev–Trinajstić information content (AvgIpc) is 2.64. The third-order valence-electron chi connectivity index (χ3n) is 5.69. The lowest BCUT2D eigenvalue weighted by atomic mass is 9.86. The Morgan fingerprint density at radius 3 is 2.50 bits per heavy atom. The molecule has 0 bridgehead atoms. The number of nitrogens with zero attached hydrogens (tertiary/aromatic N) is 2. The number of pyridine rings is 1. The number of aryl methyl sites for hydroxylation is 1. The van der Waals surface area contributed by atoms with Crippen molar-refractivity contribution in [3.8, 4) is 16.9 Å². The van der Waals surface area contributed by atoms with Crippen LogP contribution in [0.15, 0.2) is 41.3 Å². The Morgan fingerprint density at radius 2 is 1.85 bits per heavy atom. The minimum Gasteiger partial charge on any atom is -0.496 e. The van der Waals surface area contributed by atoms with Gasteiger partial charge in [-0.2, -0.15) is 0 Å². The first-order chi connectivity index (χ1) is 12.5. The molecule has 0 saturated carbocycles. The summed E-state index contributed by atoms with van der Waals surface area (Å²) in [5.41, 5.74) is 3.35. The van der Waals surface area contributed by atoms with Crippen LogP contribution in [0.25, 0.3) is 11.1 Å². The van der Waals surface area contributed by atoms with Crippen LogP contribution in [0.3, 0.4) is 0 Å². The van der Waals surface area contributed by atoms with Gasteiger partial charge in [-0.25, -0.2) is 0 Å². The van der Waals surface area contributed by atoms with Gasteiger partial charge < -0.3 is 9.30 Å². The minimum absolute atomic E-state index is 0.0566. The Kier molecular flexibility index (Phi) is 5.82. The van der Waals surface area contributed by atoms with E-state index in [-0.39, 0.29) is 5.56 Å². The van der Waals surface area contributed by atoms with Gasteiger partial charge in [-0.15, -0.1) is 0 Å². The number of likely N-dealkylation sites (tertiary alicyclic amines) is 1. The van der Waals surface area contributed by atoms with Gasteiger partial charge in [-0.3, -0.25) is 9.69 Å². The Hall–Kier alpha value is -2.07. The molecule has 1 aromatic heterocycles. The van der Waals surface area contributed by atoms with Crippen molar-refractivity contribution in [1.29, 1.82) is 0 Å². The van der Waals surface area contributed by atoms with Crippen molar-refractivity contribution in [2.75, 3.05) is 20.2 Å². The molecule has 0 atom stereocenters. The summed E-state index contributed by atoms with van der Waals surface area (Å²) in [4.78, 5) is 14.5. The van der Waals surface area contributed by atoms with E-state index in [0.717, 1.165) is 42.6 Å². The molecule has 2 aromatic rings. The maximum Gasteiger partial charge on any atom is 0.254 e. The summed E-state index contributed by atoms with van der Waals surface area (Å²) in [6, 6.07) is 10.0. The van der Waals surface area contributed by atoms with Crippen LogP contribution >= 0.6 is 0 Å². The molecule has 1 aromatic carbocycles. The maximum atomic E-state index is 11.9. The highest BCUT2D eigenvalue weighted by Gasteiger charge is 2.22. The summed E-state index contributed by atoms with van der Waals surface area (Å²) >= 11 is 0. The van der Waals surface area contributed by atoms with Gasteiger partial charge in [0.1, 0.15) is 5.75 Å². The highest BCUT2D eigenvalue weighted by molar-refractivity contribution is 5.72. The quantitative estimate of drug-likeness (QED) is 0.816. The number of ether oxygens (including phenoxy) is 1. The van der Waals surface area contributed by atoms with E-state index in [2.05, 4.69) is 36.9 Å². The first kappa shape index (κ1) is 18.7. The van der Waals surface area contributed by atoms with Gasteiger partial charge >= 0.3 is 0 Å². The molecule has 2 heterocycles. The Labute approximate surface area is 156 Å². The Bertz CT molecular complexity index is 802. The summed E-state index contributed by atoms with van der Waals surface area (Å²) in [6.45, 7) is 7.92. The van der Waals surface area contributed by atoms with Crippen molar-refractivity contribution in [1.82, 2.24) is 9.47 Å². The predicted molar refractivity (Wildman–Crippen MR) is 107 cm³/mol. The molecule has 0 unspecified atom stereocenters. The van der Waals surface area contributed by atoms with Gasteiger partial charge in [0.2, 0.25) is 0 Å². The first-order valence-electron chi connectivity index (χ1n) is 9.55. The first-order valence-corrected chi connectivity index (χ1v) is 9.55. The molecule has 4 heteroatoms. The van der Waals surface area contributed by atoms with Crippen LogP contribution in [-0.2, 0) is 13.6 Å². The predicted octanol–water partition coefficient (Wildman–Crippen LogP) is 3.93. The van der Waals surface area contributed by atoms with Crippen LogP contribution in [0, 0.1) is 11.8 Å². The van der Waals surface area contributed by atoms with Crippen LogP contribution in [-0.4, -0.2) is 29.7 Å². The van der Waals surface area contributed by atoms with Crippen LogP contribution in [0.5, 0.6) is 5.75 Å². The summed E-state index contributed by atoms with van der Waals surface area (Å²) in [5, 5.41) is 0. The van der Waals surface area contributed by atoms with Gasteiger partial charge in [-0.1, -0.05) is 38.1 Å². The second-order valence-corrected chi connectivity index (χ2v) is 7.72. The Balaban J connectivity index is 1.86. The highest BCUT2D eigenvalue weighted by atomic mass is 16.5. The van der Waals surface area contributed by atoms with Gasteiger partial charge in [0, 0.05) is 31.4 Å². The molecule has 1 aliphatic rings. The van der Waals surface area contributed by atoms with Crippen LogP contribution < -0.4 is 10.3 Å². The van der Waals surface area contributed by atoms with E-state index < -0.39 is 0 Å². The van der Waals surface area contributed by atoms with E-state index in [1.165, 1.54) is 18.4 Å². The van der Waals surface area contributed by atoms with E-state index in [1.807, 2.05) is 12.3 Å². The topological polar surface area (TPSA) is 34.5 Å². The van der Waals surface area contributed by atoms with E-state index in [4.69, 9.17) is 4.74 Å². The molecule has 1 aliphatic heterocycles. The van der Waals surface area contributed by atoms with Crippen LogP contribution in [0.1, 0.15) is 32.3 Å². The van der Waals surface area contributed by atoms with Gasteiger partial charge in [0.25, 0.3) is 5.56 Å². The van der Waals surface area contributed by atoms with Crippen molar-refractivity contribution in [2.45, 2.75) is 33.2 Å². The monoisotopic (exact) mass is 354 g/mol. The standard InChI is InChI=1S/C22H30N2O2/c1-16(2)17-9-11-24(12-10-17)14-18-7-5-6-8-19(18)20-15-23(3)22(25)13-21(20)26-4/h5-8,13,15-17H,9-12,14H2,1-4H3. The zero-order valence-electron chi connectivity index (χ0n) is 16.4. The normalized spacial score (nSPS) is 16.2. The van der Waals surface area contributed by atoms with Crippen LogP contribution in [0.4, 0.5) is 0 Å². The molecule has 0 amide bonds. The molecular formula is C22H30N2O2. The van der Waals surface area contributed by atoms with Crippen molar-refractivity contribution in [3.05, 3.63) is 52.4 Å². The molecular weight excluding hydrogens is 324 g/mol. The summed E-state index contributed by atoms with van der Waals surface area (Å²) in [7, 11) is 3.40. The second kappa shape index (κ2) is 8.09. The zero-order chi connectivity index (χ0) is 18.7. The average molecular weight is 354 g/mol. The zero-order valence-corrected chi connectivity index (χ0v) is 16.4. The maximum absolute atomic E-state index is 11.9. The Morgan fingerprint density at radius 1 is 1.15 bits per heavy atom. The largest absolute Gasteiger partial charge is 0.496 e. The van der Waals surface area contributed by atoms with E-state index in [0.29, 0.717) is 5.75 Å². The van der Waals surface area contributed by atoms with Crippen molar-refractivity contribution in [3.63, 3.8) is 0 Å². The smallest absolute Gasteiger partial charge is 0.254 e. The molecule has 0 aliphatic carbocycles. The fourth-order valence-corrected chi connectivity index (χ4v) is 3.92.